The predicted molar refractivity (Wildman–Crippen MR) is 91.0 cm³/mol. The van der Waals surface area contributed by atoms with Gasteiger partial charge in [0.1, 0.15) is 0 Å². The minimum Gasteiger partial charge on any atom is -0.333 e. The Morgan fingerprint density at radius 3 is 2.71 bits per heavy atom. The van der Waals surface area contributed by atoms with Crippen molar-refractivity contribution in [3.8, 4) is 0 Å². The van der Waals surface area contributed by atoms with E-state index in [0.717, 1.165) is 18.5 Å². The molecule has 2 aliphatic rings. The van der Waals surface area contributed by atoms with E-state index in [1.54, 1.807) is 6.20 Å². The van der Waals surface area contributed by atoms with Crippen LogP contribution in [0.15, 0.2) is 24.9 Å². The zero-order valence-corrected chi connectivity index (χ0v) is 14.7. The Labute approximate surface area is 143 Å². The van der Waals surface area contributed by atoms with E-state index in [1.165, 1.54) is 6.08 Å². The highest BCUT2D eigenvalue weighted by molar-refractivity contribution is 5.89. The SMILES string of the molecule is C=CC(=O)N(CC(C)C)[C@@H]1CC(=O)N(C2CC2)[C@H]1c1ccnn1C. The van der Waals surface area contributed by atoms with Crippen molar-refractivity contribution in [3.63, 3.8) is 0 Å². The molecule has 0 N–H and O–H groups in total. The normalized spacial score (nSPS) is 23.8. The molecule has 1 aliphatic carbocycles. The van der Waals surface area contributed by atoms with Gasteiger partial charge in [-0.2, -0.15) is 5.10 Å². The third kappa shape index (κ3) is 2.97. The lowest BCUT2D eigenvalue weighted by atomic mass is 10.0. The molecule has 6 heteroatoms. The molecule has 6 nitrogen and oxygen atoms in total. The van der Waals surface area contributed by atoms with Crippen LogP contribution >= 0.6 is 0 Å². The van der Waals surface area contributed by atoms with Gasteiger partial charge in [-0.3, -0.25) is 14.3 Å². The Hall–Kier alpha value is -2.11. The van der Waals surface area contributed by atoms with Crippen LogP contribution in [-0.2, 0) is 16.6 Å². The molecule has 0 spiro atoms. The Bertz CT molecular complexity index is 647. The summed E-state index contributed by atoms with van der Waals surface area (Å²) in [7, 11) is 1.89. The van der Waals surface area contributed by atoms with Gasteiger partial charge in [-0.15, -0.1) is 0 Å². The van der Waals surface area contributed by atoms with Gasteiger partial charge < -0.3 is 9.80 Å². The zero-order valence-electron chi connectivity index (χ0n) is 14.7. The molecule has 0 bridgehead atoms. The fourth-order valence-electron chi connectivity index (χ4n) is 3.71. The first-order valence-electron chi connectivity index (χ1n) is 8.66. The molecule has 1 aromatic rings. The monoisotopic (exact) mass is 330 g/mol. The van der Waals surface area contributed by atoms with Gasteiger partial charge in [0, 0.05) is 32.3 Å². The van der Waals surface area contributed by atoms with Crippen LogP contribution in [0.2, 0.25) is 0 Å². The van der Waals surface area contributed by atoms with Gasteiger partial charge >= 0.3 is 0 Å². The summed E-state index contributed by atoms with van der Waals surface area (Å²) in [6, 6.07) is 1.97. The van der Waals surface area contributed by atoms with Crippen molar-refractivity contribution in [2.75, 3.05) is 6.54 Å². The number of hydrogen-bond donors (Lipinski definition) is 0. The molecule has 2 atom stereocenters. The van der Waals surface area contributed by atoms with Crippen LogP contribution < -0.4 is 0 Å². The van der Waals surface area contributed by atoms with Crippen LogP contribution in [0.5, 0.6) is 0 Å². The van der Waals surface area contributed by atoms with E-state index in [0.29, 0.717) is 24.9 Å². The van der Waals surface area contributed by atoms with Crippen LogP contribution in [0.4, 0.5) is 0 Å². The lowest BCUT2D eigenvalue weighted by Crippen LogP contribution is -2.45. The minimum absolute atomic E-state index is 0.105. The van der Waals surface area contributed by atoms with Crippen LogP contribution in [-0.4, -0.2) is 50.0 Å². The summed E-state index contributed by atoms with van der Waals surface area (Å²) in [5.74, 6) is 0.358. The third-order valence-corrected chi connectivity index (χ3v) is 4.86. The molecule has 2 fully saturated rings. The number of hydrogen-bond acceptors (Lipinski definition) is 3. The van der Waals surface area contributed by atoms with Crippen molar-refractivity contribution < 1.29 is 9.59 Å². The summed E-state index contributed by atoms with van der Waals surface area (Å²) >= 11 is 0. The number of likely N-dealkylation sites (tertiary alicyclic amines) is 1. The Morgan fingerprint density at radius 1 is 1.50 bits per heavy atom. The summed E-state index contributed by atoms with van der Waals surface area (Å²) < 4.78 is 1.82. The van der Waals surface area contributed by atoms with E-state index in [1.807, 2.05) is 27.6 Å². The minimum atomic E-state index is -0.165. The fourth-order valence-corrected chi connectivity index (χ4v) is 3.71. The van der Waals surface area contributed by atoms with Gasteiger partial charge in [-0.25, -0.2) is 0 Å². The number of rotatable bonds is 6. The molecule has 1 saturated heterocycles. The highest BCUT2D eigenvalue weighted by Crippen LogP contribution is 2.43. The van der Waals surface area contributed by atoms with Crippen molar-refractivity contribution >= 4 is 11.8 Å². The maximum atomic E-state index is 12.7. The number of carbonyl (C=O) groups excluding carboxylic acids is 2. The number of aromatic nitrogens is 2. The first kappa shape index (κ1) is 16.7. The molecule has 24 heavy (non-hydrogen) atoms. The zero-order chi connectivity index (χ0) is 17.4. The second-order valence-electron chi connectivity index (χ2n) is 7.22. The van der Waals surface area contributed by atoms with Gasteiger partial charge in [-0.1, -0.05) is 20.4 Å². The molecular weight excluding hydrogens is 304 g/mol. The fraction of sp³-hybridized carbons (Fsp3) is 0.611. The quantitative estimate of drug-likeness (QED) is 0.749. The van der Waals surface area contributed by atoms with E-state index in [-0.39, 0.29) is 23.9 Å². The second-order valence-corrected chi connectivity index (χ2v) is 7.22. The second kappa shape index (κ2) is 6.42. The van der Waals surface area contributed by atoms with E-state index in [9.17, 15) is 9.59 Å². The first-order chi connectivity index (χ1) is 11.4. The Morgan fingerprint density at radius 2 is 2.21 bits per heavy atom. The molecular formula is C18H26N4O2. The van der Waals surface area contributed by atoms with Gasteiger partial charge in [0.2, 0.25) is 11.8 Å². The van der Waals surface area contributed by atoms with Gasteiger partial charge in [0.25, 0.3) is 0 Å². The van der Waals surface area contributed by atoms with Crippen molar-refractivity contribution in [1.29, 1.82) is 0 Å². The molecule has 0 aromatic carbocycles. The van der Waals surface area contributed by atoms with Crippen molar-refractivity contribution in [3.05, 3.63) is 30.6 Å². The smallest absolute Gasteiger partial charge is 0.246 e. The Balaban J connectivity index is 2.00. The predicted octanol–water partition coefficient (Wildman–Crippen LogP) is 1.90. The number of carbonyl (C=O) groups is 2. The van der Waals surface area contributed by atoms with Crippen molar-refractivity contribution in [2.45, 2.75) is 51.2 Å². The highest BCUT2D eigenvalue weighted by atomic mass is 16.2. The van der Waals surface area contributed by atoms with Crippen LogP contribution in [0.25, 0.3) is 0 Å². The van der Waals surface area contributed by atoms with Crippen LogP contribution in [0, 0.1) is 5.92 Å². The largest absolute Gasteiger partial charge is 0.333 e. The van der Waals surface area contributed by atoms with E-state index in [4.69, 9.17) is 0 Å². The molecule has 130 valence electrons. The topological polar surface area (TPSA) is 58.4 Å². The average molecular weight is 330 g/mol. The molecule has 2 heterocycles. The number of aryl methyl sites for hydroxylation is 1. The summed E-state index contributed by atoms with van der Waals surface area (Å²) in [6.07, 6.45) is 5.58. The van der Waals surface area contributed by atoms with Crippen LogP contribution in [0.3, 0.4) is 0 Å². The molecule has 1 saturated carbocycles. The van der Waals surface area contributed by atoms with E-state index in [2.05, 4.69) is 25.5 Å². The van der Waals surface area contributed by atoms with Crippen LogP contribution in [0.1, 0.15) is 44.8 Å². The average Bonchev–Trinajstić information content (AvgIpc) is 3.20. The number of amides is 2. The van der Waals surface area contributed by atoms with E-state index < -0.39 is 0 Å². The maximum Gasteiger partial charge on any atom is 0.246 e. The maximum absolute atomic E-state index is 12.7. The summed E-state index contributed by atoms with van der Waals surface area (Å²) in [4.78, 5) is 29.0. The summed E-state index contributed by atoms with van der Waals surface area (Å²) in [5.41, 5.74) is 0.989. The summed E-state index contributed by atoms with van der Waals surface area (Å²) in [6.45, 7) is 8.43. The Kier molecular flexibility index (Phi) is 4.47. The number of nitrogens with zero attached hydrogens (tertiary/aromatic N) is 4. The molecule has 3 rings (SSSR count). The lowest BCUT2D eigenvalue weighted by Gasteiger charge is -2.35. The lowest BCUT2D eigenvalue weighted by molar-refractivity contribution is -0.130. The molecule has 0 radical (unpaired) electrons. The van der Waals surface area contributed by atoms with Crippen molar-refractivity contribution in [1.82, 2.24) is 19.6 Å². The summed E-state index contributed by atoms with van der Waals surface area (Å²) in [5, 5.41) is 4.28. The molecule has 0 unspecified atom stereocenters. The van der Waals surface area contributed by atoms with E-state index >= 15 is 0 Å². The van der Waals surface area contributed by atoms with Gasteiger partial charge in [0.15, 0.2) is 0 Å². The van der Waals surface area contributed by atoms with Gasteiger partial charge in [-0.05, 0) is 30.9 Å². The highest BCUT2D eigenvalue weighted by Gasteiger charge is 2.50. The molecule has 2 amide bonds. The molecule has 1 aliphatic heterocycles. The van der Waals surface area contributed by atoms with Crippen molar-refractivity contribution in [2.24, 2.45) is 13.0 Å². The third-order valence-electron chi connectivity index (χ3n) is 4.86. The molecule has 1 aromatic heterocycles. The first-order valence-corrected chi connectivity index (χ1v) is 8.66. The standard InChI is InChI=1S/C18H26N4O2/c1-5-16(23)21(11-12(2)3)15-10-17(24)22(13-6-7-13)18(15)14-8-9-19-20(14)4/h5,8-9,12-13,15,18H,1,6-7,10-11H2,2-4H3/t15-,18+/m1/s1. The van der Waals surface area contributed by atoms with Gasteiger partial charge in [0.05, 0.1) is 17.8 Å².